The summed E-state index contributed by atoms with van der Waals surface area (Å²) in [6, 6.07) is 0. The van der Waals surface area contributed by atoms with Crippen molar-refractivity contribution >= 4 is 49.1 Å². The van der Waals surface area contributed by atoms with Gasteiger partial charge in [0.15, 0.2) is 12.2 Å². The SMILES string of the molecule is O=C(CCCCCC(=O)OC(=O)C(O)C(O)S)OC(=O)C(O)C(O)S. The molecular weight excluding hydrogens is 380 g/mol. The lowest BCUT2D eigenvalue weighted by molar-refractivity contribution is -0.169. The molecule has 25 heavy (non-hydrogen) atoms. The van der Waals surface area contributed by atoms with Gasteiger partial charge in [0.25, 0.3) is 0 Å². The Kier molecular flexibility index (Phi) is 11.6. The van der Waals surface area contributed by atoms with E-state index in [1.807, 2.05) is 0 Å². The Morgan fingerprint density at radius 3 is 1.28 bits per heavy atom. The number of aliphatic hydroxyl groups is 4. The minimum absolute atomic E-state index is 0.167. The molecule has 144 valence electrons. The molecule has 0 aromatic rings. The topological polar surface area (TPSA) is 168 Å². The second kappa shape index (κ2) is 12.2. The molecule has 12 heteroatoms. The molecule has 10 nitrogen and oxygen atoms in total. The Hall–Kier alpha value is -1.18. The molecule has 0 aromatic heterocycles. The summed E-state index contributed by atoms with van der Waals surface area (Å²) in [4.78, 5) is 44.9. The van der Waals surface area contributed by atoms with E-state index in [0.717, 1.165) is 0 Å². The van der Waals surface area contributed by atoms with Gasteiger partial charge in [-0.3, -0.25) is 9.59 Å². The van der Waals surface area contributed by atoms with E-state index in [0.29, 0.717) is 6.42 Å². The summed E-state index contributed by atoms with van der Waals surface area (Å²) in [5.74, 6) is -4.47. The number of esters is 4. The van der Waals surface area contributed by atoms with E-state index in [-0.39, 0.29) is 25.7 Å². The van der Waals surface area contributed by atoms with Gasteiger partial charge in [0.1, 0.15) is 10.9 Å². The number of hydrogen-bond acceptors (Lipinski definition) is 12. The zero-order valence-corrected chi connectivity index (χ0v) is 14.8. The van der Waals surface area contributed by atoms with E-state index in [4.69, 9.17) is 20.4 Å². The van der Waals surface area contributed by atoms with E-state index < -0.39 is 47.0 Å². The van der Waals surface area contributed by atoms with Crippen molar-refractivity contribution in [2.24, 2.45) is 0 Å². The molecule has 0 amide bonds. The molecular formula is C13H20O10S2. The van der Waals surface area contributed by atoms with Crippen LogP contribution in [0.3, 0.4) is 0 Å². The molecule has 0 aromatic carbocycles. The van der Waals surface area contributed by atoms with Crippen LogP contribution in [0.5, 0.6) is 0 Å². The van der Waals surface area contributed by atoms with Gasteiger partial charge >= 0.3 is 23.9 Å². The van der Waals surface area contributed by atoms with E-state index >= 15 is 0 Å². The van der Waals surface area contributed by atoms with Gasteiger partial charge in [-0.15, -0.1) is 25.3 Å². The van der Waals surface area contributed by atoms with Crippen molar-refractivity contribution in [2.45, 2.75) is 55.2 Å². The molecule has 0 bridgehead atoms. The van der Waals surface area contributed by atoms with Gasteiger partial charge in [-0.1, -0.05) is 6.42 Å². The molecule has 4 N–H and O–H groups in total. The molecule has 0 aliphatic carbocycles. The monoisotopic (exact) mass is 400 g/mol. The first kappa shape index (κ1) is 23.8. The average Bonchev–Trinajstić information content (AvgIpc) is 2.52. The summed E-state index contributed by atoms with van der Waals surface area (Å²) in [5.41, 5.74) is -3.34. The highest BCUT2D eigenvalue weighted by molar-refractivity contribution is 7.81. The fourth-order valence-electron chi connectivity index (χ4n) is 1.41. The largest absolute Gasteiger partial charge is 0.391 e. The summed E-state index contributed by atoms with van der Waals surface area (Å²) in [5, 5.41) is 35.8. The summed E-state index contributed by atoms with van der Waals surface area (Å²) in [6.45, 7) is 0. The van der Waals surface area contributed by atoms with Crippen molar-refractivity contribution in [3.05, 3.63) is 0 Å². The molecule has 0 aliphatic rings. The highest BCUT2D eigenvalue weighted by Gasteiger charge is 2.26. The fraction of sp³-hybridized carbons (Fsp3) is 0.692. The molecule has 0 rings (SSSR count). The van der Waals surface area contributed by atoms with Crippen LogP contribution in [-0.4, -0.2) is 67.4 Å². The number of carbonyl (C=O) groups excluding carboxylic acids is 4. The van der Waals surface area contributed by atoms with Crippen LogP contribution < -0.4 is 0 Å². The zero-order valence-electron chi connectivity index (χ0n) is 13.0. The van der Waals surface area contributed by atoms with Crippen LogP contribution in [0.2, 0.25) is 0 Å². The molecule has 0 radical (unpaired) electrons. The third kappa shape index (κ3) is 10.4. The number of hydrogen-bond donors (Lipinski definition) is 6. The Labute approximate surface area is 153 Å². The van der Waals surface area contributed by atoms with E-state index in [9.17, 15) is 19.2 Å². The number of ether oxygens (including phenoxy) is 2. The molecule has 4 unspecified atom stereocenters. The maximum atomic E-state index is 11.3. The zero-order chi connectivity index (χ0) is 19.6. The molecule has 0 saturated heterocycles. The van der Waals surface area contributed by atoms with Crippen molar-refractivity contribution < 1.29 is 49.1 Å². The maximum Gasteiger partial charge on any atom is 0.346 e. The number of aliphatic hydroxyl groups excluding tert-OH is 4. The fourth-order valence-corrected chi connectivity index (χ4v) is 1.65. The normalized spacial score (nSPS) is 15.6. The Morgan fingerprint density at radius 1 is 0.680 bits per heavy atom. The highest BCUT2D eigenvalue weighted by Crippen LogP contribution is 2.08. The van der Waals surface area contributed by atoms with Crippen LogP contribution in [0.1, 0.15) is 32.1 Å². The minimum Gasteiger partial charge on any atom is -0.391 e. The van der Waals surface area contributed by atoms with Gasteiger partial charge in [0.05, 0.1) is 0 Å². The third-order valence-electron chi connectivity index (χ3n) is 2.74. The first-order valence-corrected chi connectivity index (χ1v) is 8.17. The number of unbranched alkanes of at least 4 members (excludes halogenated alkanes) is 2. The number of rotatable bonds is 10. The first-order chi connectivity index (χ1) is 11.6. The van der Waals surface area contributed by atoms with Crippen molar-refractivity contribution in [2.75, 3.05) is 0 Å². The van der Waals surface area contributed by atoms with Crippen LogP contribution in [0, 0.1) is 0 Å². The molecule has 0 saturated carbocycles. The van der Waals surface area contributed by atoms with E-state index in [2.05, 4.69) is 34.7 Å². The predicted octanol–water partition coefficient (Wildman–Crippen LogP) is -1.71. The summed E-state index contributed by atoms with van der Waals surface area (Å²) >= 11 is 6.82. The molecule has 0 aliphatic heterocycles. The van der Waals surface area contributed by atoms with Crippen molar-refractivity contribution in [3.8, 4) is 0 Å². The lowest BCUT2D eigenvalue weighted by atomic mass is 10.1. The van der Waals surface area contributed by atoms with Crippen LogP contribution in [0.4, 0.5) is 0 Å². The van der Waals surface area contributed by atoms with Gasteiger partial charge in [-0.25, -0.2) is 9.59 Å². The quantitative estimate of drug-likeness (QED) is 0.0817. The third-order valence-corrected chi connectivity index (χ3v) is 3.30. The summed E-state index contributed by atoms with van der Waals surface area (Å²) in [7, 11) is 0. The Morgan fingerprint density at radius 2 is 1.00 bits per heavy atom. The van der Waals surface area contributed by atoms with Gasteiger partial charge in [-0.2, -0.15) is 0 Å². The standard InChI is InChI=1S/C13H20O10S2/c14-6(22-10(18)8(16)12(20)24)4-2-1-3-5-7(15)23-11(19)9(17)13(21)25/h8-9,12-13,16-17,20-21,24-25H,1-5H2. The van der Waals surface area contributed by atoms with Crippen molar-refractivity contribution in [1.29, 1.82) is 0 Å². The maximum absolute atomic E-state index is 11.3. The first-order valence-electron chi connectivity index (χ1n) is 7.13. The smallest absolute Gasteiger partial charge is 0.346 e. The second-order valence-electron chi connectivity index (χ2n) is 4.86. The van der Waals surface area contributed by atoms with E-state index in [1.165, 1.54) is 0 Å². The minimum atomic E-state index is -1.94. The molecule has 0 heterocycles. The van der Waals surface area contributed by atoms with E-state index in [1.54, 1.807) is 0 Å². The van der Waals surface area contributed by atoms with Crippen molar-refractivity contribution in [1.82, 2.24) is 0 Å². The lowest BCUT2D eigenvalue weighted by Crippen LogP contribution is -2.33. The second-order valence-corrected chi connectivity index (χ2v) is 5.92. The summed E-state index contributed by atoms with van der Waals surface area (Å²) in [6.07, 6.45) is -3.34. The molecule has 0 fully saturated rings. The Bertz CT molecular complexity index is 437. The van der Waals surface area contributed by atoms with Gasteiger partial charge in [0.2, 0.25) is 0 Å². The van der Waals surface area contributed by atoms with Crippen LogP contribution in [0.15, 0.2) is 0 Å². The summed E-state index contributed by atoms with van der Waals surface area (Å²) < 4.78 is 8.54. The predicted molar refractivity (Wildman–Crippen MR) is 87.3 cm³/mol. The van der Waals surface area contributed by atoms with Crippen LogP contribution in [0.25, 0.3) is 0 Å². The Balaban J connectivity index is 3.88. The van der Waals surface area contributed by atoms with Crippen LogP contribution in [-0.2, 0) is 28.7 Å². The average molecular weight is 400 g/mol. The number of thiol groups is 2. The van der Waals surface area contributed by atoms with Crippen LogP contribution >= 0.6 is 25.3 Å². The number of carbonyl (C=O) groups is 4. The van der Waals surface area contributed by atoms with Gasteiger partial charge in [0, 0.05) is 12.8 Å². The molecule has 0 spiro atoms. The molecule has 4 atom stereocenters. The van der Waals surface area contributed by atoms with Gasteiger partial charge in [-0.05, 0) is 12.8 Å². The highest BCUT2D eigenvalue weighted by atomic mass is 32.1. The van der Waals surface area contributed by atoms with Gasteiger partial charge < -0.3 is 29.9 Å². The lowest BCUT2D eigenvalue weighted by Gasteiger charge is -2.11. The van der Waals surface area contributed by atoms with Crippen molar-refractivity contribution in [3.63, 3.8) is 0 Å².